The molecule has 0 aromatic carbocycles. The highest BCUT2D eigenvalue weighted by atomic mass is 15.0. The van der Waals surface area contributed by atoms with Crippen molar-refractivity contribution >= 4 is 0 Å². The molecule has 0 bridgehead atoms. The summed E-state index contributed by atoms with van der Waals surface area (Å²) in [5.74, 6) is 0.986. The highest BCUT2D eigenvalue weighted by Gasteiger charge is 2.30. The van der Waals surface area contributed by atoms with Crippen LogP contribution in [0.3, 0.4) is 0 Å². The molecule has 0 aromatic heterocycles. The third-order valence-corrected chi connectivity index (χ3v) is 4.69. The van der Waals surface area contributed by atoms with Crippen LogP contribution in [0.5, 0.6) is 0 Å². The van der Waals surface area contributed by atoms with Crippen LogP contribution < -0.4 is 5.32 Å². The van der Waals surface area contributed by atoms with Crippen LogP contribution >= 0.6 is 0 Å². The SMILES string of the molecule is CC(NC1CCC(C)(C)CC1)C1CCC1. The van der Waals surface area contributed by atoms with E-state index < -0.39 is 0 Å². The second-order valence-electron chi connectivity index (χ2n) is 6.58. The van der Waals surface area contributed by atoms with Gasteiger partial charge in [-0.1, -0.05) is 20.3 Å². The first-order valence-electron chi connectivity index (χ1n) is 6.83. The minimum atomic E-state index is 0.609. The average Bonchev–Trinajstić information content (AvgIpc) is 2.05. The molecule has 2 saturated carbocycles. The molecule has 15 heavy (non-hydrogen) atoms. The van der Waals surface area contributed by atoms with Gasteiger partial charge in [-0.2, -0.15) is 0 Å². The Balaban J connectivity index is 1.71. The fraction of sp³-hybridized carbons (Fsp3) is 1.00. The van der Waals surface area contributed by atoms with E-state index in [4.69, 9.17) is 0 Å². The topological polar surface area (TPSA) is 12.0 Å². The van der Waals surface area contributed by atoms with E-state index in [0.717, 1.165) is 18.0 Å². The van der Waals surface area contributed by atoms with Crippen molar-refractivity contribution in [3.05, 3.63) is 0 Å². The summed E-state index contributed by atoms with van der Waals surface area (Å²) >= 11 is 0. The molecule has 1 N–H and O–H groups in total. The van der Waals surface area contributed by atoms with Gasteiger partial charge in [0.05, 0.1) is 0 Å². The quantitative estimate of drug-likeness (QED) is 0.747. The molecular weight excluding hydrogens is 182 g/mol. The Kier molecular flexibility index (Phi) is 3.39. The van der Waals surface area contributed by atoms with E-state index in [9.17, 15) is 0 Å². The Morgan fingerprint density at radius 3 is 2.13 bits per heavy atom. The third kappa shape index (κ3) is 2.96. The summed E-state index contributed by atoms with van der Waals surface area (Å²) in [5, 5.41) is 3.86. The molecule has 2 fully saturated rings. The van der Waals surface area contributed by atoms with Gasteiger partial charge in [0, 0.05) is 12.1 Å². The van der Waals surface area contributed by atoms with E-state index >= 15 is 0 Å². The second-order valence-corrected chi connectivity index (χ2v) is 6.58. The zero-order chi connectivity index (χ0) is 10.9. The van der Waals surface area contributed by atoms with Gasteiger partial charge < -0.3 is 5.32 Å². The van der Waals surface area contributed by atoms with Gasteiger partial charge in [0.1, 0.15) is 0 Å². The van der Waals surface area contributed by atoms with Gasteiger partial charge in [-0.25, -0.2) is 0 Å². The minimum absolute atomic E-state index is 0.609. The molecule has 1 nitrogen and oxygen atoms in total. The van der Waals surface area contributed by atoms with Crippen LogP contribution in [-0.2, 0) is 0 Å². The molecular formula is C14H27N. The maximum absolute atomic E-state index is 3.86. The van der Waals surface area contributed by atoms with Crippen LogP contribution in [0.1, 0.15) is 65.7 Å². The van der Waals surface area contributed by atoms with Crippen molar-refractivity contribution in [2.24, 2.45) is 11.3 Å². The number of hydrogen-bond donors (Lipinski definition) is 1. The third-order valence-electron chi connectivity index (χ3n) is 4.69. The van der Waals surface area contributed by atoms with E-state index in [-0.39, 0.29) is 0 Å². The molecule has 88 valence electrons. The van der Waals surface area contributed by atoms with E-state index in [2.05, 4.69) is 26.1 Å². The lowest BCUT2D eigenvalue weighted by molar-refractivity contribution is 0.169. The first-order valence-corrected chi connectivity index (χ1v) is 6.83. The molecule has 0 saturated heterocycles. The zero-order valence-corrected chi connectivity index (χ0v) is 10.7. The smallest absolute Gasteiger partial charge is 0.00700 e. The maximum Gasteiger partial charge on any atom is 0.00700 e. The number of nitrogens with one attached hydrogen (secondary N) is 1. The molecule has 1 unspecified atom stereocenters. The van der Waals surface area contributed by atoms with Gasteiger partial charge >= 0.3 is 0 Å². The molecule has 2 aliphatic carbocycles. The predicted molar refractivity (Wildman–Crippen MR) is 66.0 cm³/mol. The minimum Gasteiger partial charge on any atom is -0.311 e. The summed E-state index contributed by atoms with van der Waals surface area (Å²) in [5.41, 5.74) is 0.609. The molecule has 0 radical (unpaired) electrons. The van der Waals surface area contributed by atoms with Crippen molar-refractivity contribution in [3.63, 3.8) is 0 Å². The largest absolute Gasteiger partial charge is 0.311 e. The lowest BCUT2D eigenvalue weighted by Gasteiger charge is -2.39. The molecule has 0 spiro atoms. The first-order chi connectivity index (χ1) is 7.07. The summed E-state index contributed by atoms with van der Waals surface area (Å²) in [6.07, 6.45) is 9.99. The Labute approximate surface area is 95.0 Å². The van der Waals surface area contributed by atoms with Crippen LogP contribution in [-0.4, -0.2) is 12.1 Å². The van der Waals surface area contributed by atoms with Gasteiger partial charge in [-0.05, 0) is 56.8 Å². The summed E-state index contributed by atoms with van der Waals surface area (Å²) in [4.78, 5) is 0. The second kappa shape index (κ2) is 4.45. The maximum atomic E-state index is 3.86. The molecule has 0 aromatic rings. The summed E-state index contributed by atoms with van der Waals surface area (Å²) in [6.45, 7) is 7.22. The molecule has 0 amide bonds. The Bertz CT molecular complexity index is 195. The Morgan fingerprint density at radius 2 is 1.67 bits per heavy atom. The van der Waals surface area contributed by atoms with Crippen LogP contribution in [0.15, 0.2) is 0 Å². The van der Waals surface area contributed by atoms with Gasteiger partial charge in [-0.3, -0.25) is 0 Å². The standard InChI is InChI=1S/C14H27N/c1-11(12-5-4-6-12)15-13-7-9-14(2,3)10-8-13/h11-13,15H,4-10H2,1-3H3. The highest BCUT2D eigenvalue weighted by Crippen LogP contribution is 2.36. The number of rotatable bonds is 3. The lowest BCUT2D eigenvalue weighted by atomic mass is 9.74. The summed E-state index contributed by atoms with van der Waals surface area (Å²) in [7, 11) is 0. The molecule has 2 aliphatic rings. The van der Waals surface area contributed by atoms with Crippen molar-refractivity contribution < 1.29 is 0 Å². The lowest BCUT2D eigenvalue weighted by Crippen LogP contribution is -2.45. The molecule has 2 rings (SSSR count). The van der Waals surface area contributed by atoms with Crippen molar-refractivity contribution in [3.8, 4) is 0 Å². The van der Waals surface area contributed by atoms with Crippen LogP contribution in [0.2, 0.25) is 0 Å². The van der Waals surface area contributed by atoms with E-state index in [1.165, 1.54) is 44.9 Å². The Morgan fingerprint density at radius 1 is 1.07 bits per heavy atom. The Hall–Kier alpha value is -0.0400. The van der Waals surface area contributed by atoms with Crippen LogP contribution in [0.25, 0.3) is 0 Å². The van der Waals surface area contributed by atoms with Crippen molar-refractivity contribution in [1.29, 1.82) is 0 Å². The molecule has 0 aliphatic heterocycles. The van der Waals surface area contributed by atoms with Gasteiger partial charge in [0.2, 0.25) is 0 Å². The normalized spacial score (nSPS) is 29.8. The van der Waals surface area contributed by atoms with E-state index in [0.29, 0.717) is 5.41 Å². The molecule has 0 heterocycles. The number of hydrogen-bond acceptors (Lipinski definition) is 1. The molecule has 1 heteroatoms. The van der Waals surface area contributed by atoms with Crippen molar-refractivity contribution in [1.82, 2.24) is 5.32 Å². The fourth-order valence-electron chi connectivity index (χ4n) is 3.01. The van der Waals surface area contributed by atoms with Crippen LogP contribution in [0, 0.1) is 11.3 Å². The summed E-state index contributed by atoms with van der Waals surface area (Å²) < 4.78 is 0. The average molecular weight is 209 g/mol. The first kappa shape index (κ1) is 11.4. The highest BCUT2D eigenvalue weighted by molar-refractivity contribution is 4.86. The van der Waals surface area contributed by atoms with E-state index in [1.807, 2.05) is 0 Å². The van der Waals surface area contributed by atoms with E-state index in [1.54, 1.807) is 0 Å². The van der Waals surface area contributed by atoms with Gasteiger partial charge in [0.25, 0.3) is 0 Å². The van der Waals surface area contributed by atoms with Crippen molar-refractivity contribution in [2.75, 3.05) is 0 Å². The molecule has 1 atom stereocenters. The zero-order valence-electron chi connectivity index (χ0n) is 10.7. The predicted octanol–water partition coefficient (Wildman–Crippen LogP) is 3.73. The van der Waals surface area contributed by atoms with Crippen molar-refractivity contribution in [2.45, 2.75) is 77.8 Å². The summed E-state index contributed by atoms with van der Waals surface area (Å²) in [6, 6.07) is 1.58. The van der Waals surface area contributed by atoms with Crippen LogP contribution in [0.4, 0.5) is 0 Å². The van der Waals surface area contributed by atoms with Gasteiger partial charge in [-0.15, -0.1) is 0 Å². The monoisotopic (exact) mass is 209 g/mol. The fourth-order valence-corrected chi connectivity index (χ4v) is 3.01. The van der Waals surface area contributed by atoms with Gasteiger partial charge in [0.15, 0.2) is 0 Å².